The Hall–Kier alpha value is -1.20. The summed E-state index contributed by atoms with van der Waals surface area (Å²) in [5, 5.41) is 0. The average Bonchev–Trinajstić information content (AvgIpc) is 2.47. The monoisotopic (exact) mass is 334 g/mol. The van der Waals surface area contributed by atoms with Gasteiger partial charge in [0.1, 0.15) is 11.6 Å². The number of nitrogens with two attached hydrogens (primary N) is 1. The predicted molar refractivity (Wildman–Crippen MR) is 86.9 cm³/mol. The SMILES string of the molecule is CC(c1cc(F)ccc1F)N(C)C(=O)CCCCCCN.Cl. The topological polar surface area (TPSA) is 46.3 Å². The lowest BCUT2D eigenvalue weighted by Crippen LogP contribution is -2.30. The van der Waals surface area contributed by atoms with Crippen LogP contribution in [0.4, 0.5) is 8.78 Å². The van der Waals surface area contributed by atoms with Crippen molar-refractivity contribution >= 4 is 18.3 Å². The van der Waals surface area contributed by atoms with Crippen LogP contribution in [0.5, 0.6) is 0 Å². The number of carbonyl (C=O) groups excluding carboxylic acids is 1. The quantitative estimate of drug-likeness (QED) is 0.735. The third-order valence-corrected chi connectivity index (χ3v) is 3.73. The van der Waals surface area contributed by atoms with Crippen LogP contribution in [0.25, 0.3) is 0 Å². The van der Waals surface area contributed by atoms with E-state index in [1.807, 2.05) is 0 Å². The van der Waals surface area contributed by atoms with Crippen molar-refractivity contribution in [3.05, 3.63) is 35.4 Å². The van der Waals surface area contributed by atoms with Gasteiger partial charge in [-0.25, -0.2) is 8.78 Å². The molecule has 3 nitrogen and oxygen atoms in total. The summed E-state index contributed by atoms with van der Waals surface area (Å²) in [7, 11) is 1.62. The molecule has 126 valence electrons. The van der Waals surface area contributed by atoms with E-state index in [-0.39, 0.29) is 23.9 Å². The maximum atomic E-state index is 13.7. The van der Waals surface area contributed by atoms with Crippen LogP contribution in [-0.2, 0) is 4.79 Å². The summed E-state index contributed by atoms with van der Waals surface area (Å²) in [5.41, 5.74) is 5.61. The fourth-order valence-electron chi connectivity index (χ4n) is 2.21. The minimum absolute atomic E-state index is 0. The Morgan fingerprint density at radius 3 is 2.50 bits per heavy atom. The molecule has 1 aromatic carbocycles. The van der Waals surface area contributed by atoms with E-state index in [4.69, 9.17) is 5.73 Å². The van der Waals surface area contributed by atoms with Crippen molar-refractivity contribution < 1.29 is 13.6 Å². The highest BCUT2D eigenvalue weighted by Crippen LogP contribution is 2.23. The number of nitrogens with zero attached hydrogens (tertiary/aromatic N) is 1. The van der Waals surface area contributed by atoms with E-state index in [1.54, 1.807) is 14.0 Å². The van der Waals surface area contributed by atoms with E-state index in [2.05, 4.69) is 0 Å². The Kier molecular flexibility index (Phi) is 9.94. The highest BCUT2D eigenvalue weighted by Gasteiger charge is 2.20. The van der Waals surface area contributed by atoms with Gasteiger partial charge in [0, 0.05) is 19.0 Å². The maximum absolute atomic E-state index is 13.7. The summed E-state index contributed by atoms with van der Waals surface area (Å²) >= 11 is 0. The molecule has 0 aliphatic carbocycles. The normalized spacial score (nSPS) is 11.7. The molecule has 0 aromatic heterocycles. The molecular weight excluding hydrogens is 310 g/mol. The smallest absolute Gasteiger partial charge is 0.222 e. The van der Waals surface area contributed by atoms with Gasteiger partial charge in [-0.3, -0.25) is 4.79 Å². The highest BCUT2D eigenvalue weighted by atomic mass is 35.5. The maximum Gasteiger partial charge on any atom is 0.222 e. The summed E-state index contributed by atoms with van der Waals surface area (Å²) in [6.45, 7) is 2.37. The van der Waals surface area contributed by atoms with Crippen LogP contribution in [0.3, 0.4) is 0 Å². The number of halogens is 3. The second-order valence-electron chi connectivity index (χ2n) is 5.30. The van der Waals surface area contributed by atoms with Crippen LogP contribution in [-0.4, -0.2) is 24.4 Å². The Labute approximate surface area is 137 Å². The lowest BCUT2D eigenvalue weighted by atomic mass is 10.1. The van der Waals surface area contributed by atoms with Crippen molar-refractivity contribution in [1.82, 2.24) is 4.90 Å². The fourth-order valence-corrected chi connectivity index (χ4v) is 2.21. The lowest BCUT2D eigenvalue weighted by molar-refractivity contribution is -0.132. The number of amides is 1. The molecule has 0 fully saturated rings. The Balaban J connectivity index is 0.00000441. The van der Waals surface area contributed by atoms with Crippen molar-refractivity contribution in [2.24, 2.45) is 5.73 Å². The number of benzene rings is 1. The van der Waals surface area contributed by atoms with Crippen LogP contribution in [0.15, 0.2) is 18.2 Å². The van der Waals surface area contributed by atoms with Gasteiger partial charge in [-0.2, -0.15) is 0 Å². The molecule has 0 radical (unpaired) electrons. The number of hydrogen-bond acceptors (Lipinski definition) is 2. The summed E-state index contributed by atoms with van der Waals surface area (Å²) in [4.78, 5) is 13.5. The third kappa shape index (κ3) is 6.28. The Morgan fingerprint density at radius 2 is 1.86 bits per heavy atom. The van der Waals surface area contributed by atoms with Crippen molar-refractivity contribution in [3.63, 3.8) is 0 Å². The molecule has 1 rings (SSSR count). The van der Waals surface area contributed by atoms with Gasteiger partial charge in [0.25, 0.3) is 0 Å². The van der Waals surface area contributed by atoms with Crippen LogP contribution >= 0.6 is 12.4 Å². The largest absolute Gasteiger partial charge is 0.339 e. The molecule has 1 unspecified atom stereocenters. The van der Waals surface area contributed by atoms with Crippen LogP contribution in [0, 0.1) is 11.6 Å². The standard InChI is InChI=1S/C16H24F2N2O.ClH/c1-12(14-11-13(17)8-9-15(14)18)20(2)16(21)7-5-3-4-6-10-19;/h8-9,11-12H,3-7,10,19H2,1-2H3;1H. The van der Waals surface area contributed by atoms with E-state index in [1.165, 1.54) is 4.90 Å². The zero-order valence-electron chi connectivity index (χ0n) is 13.1. The summed E-state index contributed by atoms with van der Waals surface area (Å²) < 4.78 is 26.9. The first-order valence-electron chi connectivity index (χ1n) is 7.38. The molecule has 0 aliphatic heterocycles. The highest BCUT2D eigenvalue weighted by molar-refractivity contribution is 5.85. The number of carbonyl (C=O) groups is 1. The van der Waals surface area contributed by atoms with Crippen molar-refractivity contribution in [2.75, 3.05) is 13.6 Å². The second-order valence-corrected chi connectivity index (χ2v) is 5.30. The van der Waals surface area contributed by atoms with Crippen LogP contribution < -0.4 is 5.73 Å². The minimum atomic E-state index is -0.499. The van der Waals surface area contributed by atoms with Crippen LogP contribution in [0.2, 0.25) is 0 Å². The Bertz CT molecular complexity index is 471. The number of rotatable bonds is 8. The first-order chi connectivity index (χ1) is 9.97. The molecule has 22 heavy (non-hydrogen) atoms. The minimum Gasteiger partial charge on any atom is -0.339 e. The van der Waals surface area contributed by atoms with E-state index in [0.29, 0.717) is 13.0 Å². The van der Waals surface area contributed by atoms with Gasteiger partial charge in [0.2, 0.25) is 5.91 Å². The van der Waals surface area contributed by atoms with Crippen molar-refractivity contribution in [2.45, 2.75) is 45.1 Å². The fraction of sp³-hybridized carbons (Fsp3) is 0.562. The zero-order valence-corrected chi connectivity index (χ0v) is 14.0. The van der Waals surface area contributed by atoms with Gasteiger partial charge in [0.15, 0.2) is 0 Å². The molecule has 0 bridgehead atoms. The van der Waals surface area contributed by atoms with Gasteiger partial charge >= 0.3 is 0 Å². The van der Waals surface area contributed by atoms with Gasteiger partial charge in [0.05, 0.1) is 6.04 Å². The molecule has 1 atom stereocenters. The first-order valence-corrected chi connectivity index (χ1v) is 7.38. The number of hydrogen-bond donors (Lipinski definition) is 1. The molecule has 0 heterocycles. The molecule has 2 N–H and O–H groups in total. The molecule has 0 aliphatic rings. The van der Waals surface area contributed by atoms with E-state index in [0.717, 1.165) is 43.9 Å². The third-order valence-electron chi connectivity index (χ3n) is 3.73. The molecule has 1 aromatic rings. The first kappa shape index (κ1) is 20.8. The zero-order chi connectivity index (χ0) is 15.8. The van der Waals surface area contributed by atoms with Crippen molar-refractivity contribution in [3.8, 4) is 0 Å². The number of unbranched alkanes of at least 4 members (excludes halogenated alkanes) is 3. The Morgan fingerprint density at radius 1 is 1.23 bits per heavy atom. The van der Waals surface area contributed by atoms with E-state index >= 15 is 0 Å². The average molecular weight is 335 g/mol. The van der Waals surface area contributed by atoms with E-state index < -0.39 is 17.7 Å². The van der Waals surface area contributed by atoms with Gasteiger partial charge in [-0.15, -0.1) is 12.4 Å². The predicted octanol–water partition coefficient (Wildman–Crippen LogP) is 3.82. The molecule has 1 amide bonds. The molecule has 0 saturated heterocycles. The van der Waals surface area contributed by atoms with E-state index in [9.17, 15) is 13.6 Å². The molecule has 6 heteroatoms. The molecule has 0 saturated carbocycles. The second kappa shape index (κ2) is 10.5. The summed E-state index contributed by atoms with van der Waals surface area (Å²) in [5.74, 6) is -1.05. The lowest BCUT2D eigenvalue weighted by Gasteiger charge is -2.25. The van der Waals surface area contributed by atoms with Gasteiger partial charge in [-0.05, 0) is 44.5 Å². The van der Waals surface area contributed by atoms with Crippen molar-refractivity contribution in [1.29, 1.82) is 0 Å². The summed E-state index contributed by atoms with van der Waals surface area (Å²) in [6, 6.07) is 2.82. The van der Waals surface area contributed by atoms with Gasteiger partial charge < -0.3 is 10.6 Å². The molecule has 0 spiro atoms. The molecular formula is C16H25ClF2N2O. The van der Waals surface area contributed by atoms with Gasteiger partial charge in [-0.1, -0.05) is 12.8 Å². The van der Waals surface area contributed by atoms with Crippen LogP contribution in [0.1, 0.15) is 50.6 Å². The summed E-state index contributed by atoms with van der Waals surface area (Å²) in [6.07, 6.45) is 4.15.